The van der Waals surface area contributed by atoms with Gasteiger partial charge in [-0.2, -0.15) is 5.10 Å². The molecule has 0 bridgehead atoms. The van der Waals surface area contributed by atoms with Gasteiger partial charge in [0, 0.05) is 5.39 Å². The fourth-order valence-corrected chi connectivity index (χ4v) is 1.67. The summed E-state index contributed by atoms with van der Waals surface area (Å²) in [6, 6.07) is 4.99. The highest BCUT2D eigenvalue weighted by atomic mass is 16.5. The predicted molar refractivity (Wildman–Crippen MR) is 64.6 cm³/mol. The summed E-state index contributed by atoms with van der Waals surface area (Å²) in [4.78, 5) is 22.9. The number of aromatic nitrogens is 2. The molecule has 2 rings (SSSR count). The topological polar surface area (TPSA) is 81.3 Å². The first-order chi connectivity index (χ1) is 8.65. The summed E-state index contributed by atoms with van der Waals surface area (Å²) < 4.78 is 9.68. The summed E-state index contributed by atoms with van der Waals surface area (Å²) >= 11 is 0. The first-order valence-corrected chi connectivity index (χ1v) is 5.28. The van der Waals surface area contributed by atoms with Crippen molar-refractivity contribution in [3.05, 3.63) is 34.2 Å². The Kier molecular flexibility index (Phi) is 3.27. The van der Waals surface area contributed by atoms with Gasteiger partial charge in [-0.25, -0.2) is 5.10 Å². The van der Waals surface area contributed by atoms with Crippen LogP contribution in [0.15, 0.2) is 23.0 Å². The van der Waals surface area contributed by atoms with Gasteiger partial charge >= 0.3 is 5.97 Å². The van der Waals surface area contributed by atoms with Crippen molar-refractivity contribution in [1.29, 1.82) is 0 Å². The molecule has 0 aliphatic heterocycles. The van der Waals surface area contributed by atoms with E-state index in [2.05, 4.69) is 14.9 Å². The molecule has 6 heteroatoms. The normalized spacial score (nSPS) is 10.3. The van der Waals surface area contributed by atoms with E-state index >= 15 is 0 Å². The van der Waals surface area contributed by atoms with Gasteiger partial charge in [0.1, 0.15) is 5.75 Å². The molecule has 0 aliphatic rings. The maximum atomic E-state index is 11.6. The molecule has 0 amide bonds. The summed E-state index contributed by atoms with van der Waals surface area (Å²) in [5.41, 5.74) is 0.150. The number of carbonyl (C=O) groups excluding carboxylic acids is 1. The second kappa shape index (κ2) is 4.87. The van der Waals surface area contributed by atoms with Crippen molar-refractivity contribution >= 4 is 16.7 Å². The molecule has 0 radical (unpaired) electrons. The number of nitrogens with zero attached hydrogens (tertiary/aromatic N) is 1. The van der Waals surface area contributed by atoms with E-state index in [-0.39, 0.29) is 12.0 Å². The third kappa shape index (κ3) is 2.17. The van der Waals surface area contributed by atoms with Gasteiger partial charge in [-0.05, 0) is 18.2 Å². The zero-order chi connectivity index (χ0) is 13.1. The Morgan fingerprint density at radius 3 is 2.78 bits per heavy atom. The molecule has 1 N–H and O–H groups in total. The number of carbonyl (C=O) groups is 1. The number of rotatable bonds is 3. The van der Waals surface area contributed by atoms with Crippen LogP contribution >= 0.6 is 0 Å². The molecule has 0 fully saturated rings. The Bertz CT molecular complexity index is 648. The number of hydrogen-bond acceptors (Lipinski definition) is 5. The van der Waals surface area contributed by atoms with Crippen molar-refractivity contribution in [3.63, 3.8) is 0 Å². The van der Waals surface area contributed by atoms with Gasteiger partial charge in [-0.15, -0.1) is 0 Å². The number of nitrogens with one attached hydrogen (secondary N) is 1. The standard InChI is InChI=1S/C12H12N2O4/c1-17-7-3-4-8-9(5-7)10(6-11(15)18-2)13-14-12(8)16/h3-5H,6H2,1-2H3,(H,14,16). The van der Waals surface area contributed by atoms with Crippen LogP contribution in [0, 0.1) is 0 Å². The van der Waals surface area contributed by atoms with Crippen LogP contribution < -0.4 is 10.3 Å². The molecule has 94 valence electrons. The summed E-state index contributed by atoms with van der Waals surface area (Å²) in [7, 11) is 2.83. The molecule has 1 heterocycles. The molecule has 1 aromatic heterocycles. The Labute approximate surface area is 103 Å². The first kappa shape index (κ1) is 12.1. The van der Waals surface area contributed by atoms with Crippen LogP contribution in [-0.2, 0) is 16.0 Å². The van der Waals surface area contributed by atoms with Crippen LogP contribution in [0.25, 0.3) is 10.8 Å². The lowest BCUT2D eigenvalue weighted by atomic mass is 10.1. The van der Waals surface area contributed by atoms with Crippen LogP contribution in [0.2, 0.25) is 0 Å². The second-order valence-electron chi connectivity index (χ2n) is 3.66. The van der Waals surface area contributed by atoms with Crippen molar-refractivity contribution < 1.29 is 14.3 Å². The summed E-state index contributed by atoms with van der Waals surface area (Å²) in [5.74, 6) is 0.180. The maximum Gasteiger partial charge on any atom is 0.311 e. The molecule has 0 atom stereocenters. The van der Waals surface area contributed by atoms with Crippen molar-refractivity contribution in [2.24, 2.45) is 0 Å². The van der Waals surface area contributed by atoms with Crippen LogP contribution in [0.1, 0.15) is 5.69 Å². The van der Waals surface area contributed by atoms with Gasteiger partial charge < -0.3 is 9.47 Å². The Morgan fingerprint density at radius 2 is 2.11 bits per heavy atom. The van der Waals surface area contributed by atoms with E-state index in [9.17, 15) is 9.59 Å². The predicted octanol–water partition coefficient (Wildman–Crippen LogP) is 0.647. The smallest absolute Gasteiger partial charge is 0.311 e. The quantitative estimate of drug-likeness (QED) is 0.806. The van der Waals surface area contributed by atoms with E-state index in [0.717, 1.165) is 0 Å². The molecule has 0 spiro atoms. The number of esters is 1. The van der Waals surface area contributed by atoms with Crippen LogP contribution in [0.5, 0.6) is 5.75 Å². The third-order valence-electron chi connectivity index (χ3n) is 2.61. The molecule has 0 unspecified atom stereocenters. The highest BCUT2D eigenvalue weighted by Gasteiger charge is 2.11. The van der Waals surface area contributed by atoms with Gasteiger partial charge in [0.25, 0.3) is 5.56 Å². The number of ether oxygens (including phenoxy) is 2. The third-order valence-corrected chi connectivity index (χ3v) is 2.61. The van der Waals surface area contributed by atoms with Gasteiger partial charge in [-0.3, -0.25) is 9.59 Å². The lowest BCUT2D eigenvalue weighted by Crippen LogP contribution is -2.14. The SMILES string of the molecule is COC(=O)Cc1n[nH]c(=O)c2ccc(OC)cc12. The number of benzene rings is 1. The fourth-order valence-electron chi connectivity index (χ4n) is 1.67. The van der Waals surface area contributed by atoms with E-state index in [1.807, 2.05) is 0 Å². The Balaban J connectivity index is 2.62. The number of methoxy groups -OCH3 is 2. The molecule has 2 aromatic rings. The van der Waals surface area contributed by atoms with Crippen molar-refractivity contribution in [1.82, 2.24) is 10.2 Å². The number of aromatic amines is 1. The number of fused-ring (bicyclic) bond motifs is 1. The Hall–Kier alpha value is -2.37. The fraction of sp³-hybridized carbons (Fsp3) is 0.250. The average molecular weight is 248 g/mol. The van der Waals surface area contributed by atoms with Crippen LogP contribution in [0.4, 0.5) is 0 Å². The molecule has 1 aromatic carbocycles. The maximum absolute atomic E-state index is 11.6. The van der Waals surface area contributed by atoms with Crippen molar-refractivity contribution in [2.45, 2.75) is 6.42 Å². The zero-order valence-electron chi connectivity index (χ0n) is 10.0. The van der Waals surface area contributed by atoms with E-state index in [4.69, 9.17) is 4.74 Å². The van der Waals surface area contributed by atoms with E-state index in [0.29, 0.717) is 22.2 Å². The summed E-state index contributed by atoms with van der Waals surface area (Å²) in [6.07, 6.45) is -0.00303. The number of hydrogen-bond donors (Lipinski definition) is 1. The monoisotopic (exact) mass is 248 g/mol. The minimum absolute atomic E-state index is 0.00303. The van der Waals surface area contributed by atoms with Gasteiger partial charge in [-0.1, -0.05) is 0 Å². The van der Waals surface area contributed by atoms with Crippen LogP contribution in [-0.4, -0.2) is 30.4 Å². The molecular formula is C12H12N2O4. The Morgan fingerprint density at radius 1 is 1.33 bits per heavy atom. The van der Waals surface area contributed by atoms with E-state index in [1.165, 1.54) is 14.2 Å². The minimum Gasteiger partial charge on any atom is -0.497 e. The summed E-state index contributed by atoms with van der Waals surface area (Å²) in [5, 5.41) is 7.28. The van der Waals surface area contributed by atoms with Gasteiger partial charge in [0.05, 0.1) is 31.7 Å². The average Bonchev–Trinajstić information content (AvgIpc) is 2.41. The molecule has 0 saturated heterocycles. The molecular weight excluding hydrogens is 236 g/mol. The van der Waals surface area contributed by atoms with Crippen LogP contribution in [0.3, 0.4) is 0 Å². The van der Waals surface area contributed by atoms with Gasteiger partial charge in [0.15, 0.2) is 0 Å². The van der Waals surface area contributed by atoms with Crippen molar-refractivity contribution in [3.8, 4) is 5.75 Å². The van der Waals surface area contributed by atoms with E-state index < -0.39 is 5.97 Å². The molecule has 18 heavy (non-hydrogen) atoms. The lowest BCUT2D eigenvalue weighted by Gasteiger charge is -2.05. The van der Waals surface area contributed by atoms with E-state index in [1.54, 1.807) is 18.2 Å². The second-order valence-corrected chi connectivity index (χ2v) is 3.66. The highest BCUT2D eigenvalue weighted by molar-refractivity contribution is 5.87. The molecule has 0 saturated carbocycles. The zero-order valence-corrected chi connectivity index (χ0v) is 10.0. The molecule has 0 aliphatic carbocycles. The highest BCUT2D eigenvalue weighted by Crippen LogP contribution is 2.20. The largest absolute Gasteiger partial charge is 0.497 e. The lowest BCUT2D eigenvalue weighted by molar-refractivity contribution is -0.139. The van der Waals surface area contributed by atoms with Gasteiger partial charge in [0.2, 0.25) is 0 Å². The first-order valence-electron chi connectivity index (χ1n) is 5.28. The van der Waals surface area contributed by atoms with Crippen molar-refractivity contribution in [2.75, 3.05) is 14.2 Å². The summed E-state index contributed by atoms with van der Waals surface area (Å²) in [6.45, 7) is 0. The molecule has 6 nitrogen and oxygen atoms in total. The number of H-pyrrole nitrogens is 1. The minimum atomic E-state index is -0.418.